The molecule has 0 spiro atoms. The second kappa shape index (κ2) is 8.63. The van der Waals surface area contributed by atoms with Crippen LogP contribution < -0.4 is 9.64 Å². The number of likely N-dealkylation sites (N-methyl/N-ethyl adjacent to an activating group) is 1. The van der Waals surface area contributed by atoms with Gasteiger partial charge in [0, 0.05) is 30.8 Å². The van der Waals surface area contributed by atoms with Crippen LogP contribution in [0.4, 0.5) is 5.69 Å². The van der Waals surface area contributed by atoms with E-state index in [9.17, 15) is 4.79 Å². The van der Waals surface area contributed by atoms with Gasteiger partial charge in [0.05, 0.1) is 12.6 Å². The number of anilines is 1. The summed E-state index contributed by atoms with van der Waals surface area (Å²) in [5.41, 5.74) is 0.820. The molecule has 1 aliphatic heterocycles. The first-order valence-corrected chi connectivity index (χ1v) is 9.83. The van der Waals surface area contributed by atoms with Crippen LogP contribution in [-0.2, 0) is 4.79 Å². The van der Waals surface area contributed by atoms with E-state index in [2.05, 4.69) is 15.0 Å². The van der Waals surface area contributed by atoms with Gasteiger partial charge in [-0.05, 0) is 48.9 Å². The van der Waals surface area contributed by atoms with E-state index < -0.39 is 0 Å². The molecule has 1 aliphatic rings. The Morgan fingerprint density at radius 3 is 2.79 bits per heavy atom. The average Bonchev–Trinajstić information content (AvgIpc) is 3.40. The molecule has 3 aromatic rings. The third-order valence-electron chi connectivity index (χ3n) is 5.05. The van der Waals surface area contributed by atoms with Crippen molar-refractivity contribution in [3.05, 3.63) is 66.2 Å². The van der Waals surface area contributed by atoms with Crippen LogP contribution in [0.15, 0.2) is 61.2 Å². The highest BCUT2D eigenvalue weighted by atomic mass is 35.5. The molecule has 2 heterocycles. The molecule has 0 bridgehead atoms. The van der Waals surface area contributed by atoms with Gasteiger partial charge in [0.1, 0.15) is 24.2 Å². The fourth-order valence-corrected chi connectivity index (χ4v) is 3.60. The Morgan fingerprint density at radius 2 is 2.07 bits per heavy atom. The quantitative estimate of drug-likeness (QED) is 0.619. The topological polar surface area (TPSA) is 63.5 Å². The van der Waals surface area contributed by atoms with Gasteiger partial charge in [-0.25, -0.2) is 9.67 Å². The number of nitrogens with zero attached hydrogens (tertiary/aromatic N) is 5. The van der Waals surface area contributed by atoms with E-state index in [4.69, 9.17) is 16.3 Å². The fourth-order valence-electron chi connectivity index (χ4n) is 3.42. The molecule has 29 heavy (non-hydrogen) atoms. The first kappa shape index (κ1) is 19.4. The first-order valence-electron chi connectivity index (χ1n) is 9.45. The Morgan fingerprint density at radius 1 is 1.24 bits per heavy atom. The molecule has 150 valence electrons. The van der Waals surface area contributed by atoms with Crippen molar-refractivity contribution in [3.8, 4) is 11.5 Å². The second-order valence-corrected chi connectivity index (χ2v) is 7.50. The van der Waals surface area contributed by atoms with Gasteiger partial charge < -0.3 is 9.64 Å². The van der Waals surface area contributed by atoms with Crippen LogP contribution in [0.3, 0.4) is 0 Å². The first-order chi connectivity index (χ1) is 14.1. The lowest BCUT2D eigenvalue weighted by Crippen LogP contribution is -2.37. The molecule has 0 N–H and O–H groups in total. The lowest BCUT2D eigenvalue weighted by Gasteiger charge is -2.22. The maximum absolute atomic E-state index is 12.7. The number of carbonyl (C=O) groups is 1. The summed E-state index contributed by atoms with van der Waals surface area (Å²) < 4.78 is 7.67. The van der Waals surface area contributed by atoms with Gasteiger partial charge in [-0.15, -0.1) is 0 Å². The zero-order chi connectivity index (χ0) is 20.2. The van der Waals surface area contributed by atoms with Crippen LogP contribution in [0.2, 0.25) is 5.02 Å². The van der Waals surface area contributed by atoms with E-state index in [1.807, 2.05) is 41.1 Å². The summed E-state index contributed by atoms with van der Waals surface area (Å²) in [5.74, 6) is 1.41. The van der Waals surface area contributed by atoms with Gasteiger partial charge in [-0.2, -0.15) is 5.10 Å². The van der Waals surface area contributed by atoms with E-state index in [0.29, 0.717) is 23.1 Å². The zero-order valence-electron chi connectivity index (χ0n) is 16.1. The van der Waals surface area contributed by atoms with Gasteiger partial charge in [-0.1, -0.05) is 17.7 Å². The molecule has 0 radical (unpaired) electrons. The molecule has 1 atom stereocenters. The highest BCUT2D eigenvalue weighted by Gasteiger charge is 2.26. The number of halogens is 1. The minimum absolute atomic E-state index is 0.0488. The largest absolute Gasteiger partial charge is 0.457 e. The van der Waals surface area contributed by atoms with Crippen LogP contribution in [-0.4, -0.2) is 52.3 Å². The smallest absolute Gasteiger partial charge is 0.240 e. The number of benzene rings is 2. The van der Waals surface area contributed by atoms with Crippen molar-refractivity contribution in [1.82, 2.24) is 19.7 Å². The molecule has 1 amide bonds. The molecule has 1 aromatic heterocycles. The molecule has 0 aliphatic carbocycles. The van der Waals surface area contributed by atoms with Crippen LogP contribution in [0.1, 0.15) is 12.5 Å². The van der Waals surface area contributed by atoms with Crippen molar-refractivity contribution in [2.75, 3.05) is 31.6 Å². The van der Waals surface area contributed by atoms with Gasteiger partial charge in [-0.3, -0.25) is 9.69 Å². The summed E-state index contributed by atoms with van der Waals surface area (Å²) >= 11 is 5.98. The van der Waals surface area contributed by atoms with E-state index in [0.717, 1.165) is 25.2 Å². The maximum atomic E-state index is 12.7. The summed E-state index contributed by atoms with van der Waals surface area (Å²) in [6, 6.07) is 15.0. The van der Waals surface area contributed by atoms with Gasteiger partial charge in [0.15, 0.2) is 0 Å². The average molecular weight is 412 g/mol. The van der Waals surface area contributed by atoms with Crippen LogP contribution in [0.5, 0.6) is 11.5 Å². The minimum Gasteiger partial charge on any atom is -0.457 e. The van der Waals surface area contributed by atoms with Crippen molar-refractivity contribution in [2.45, 2.75) is 12.5 Å². The molecule has 1 saturated heterocycles. The number of hydrogen-bond donors (Lipinski definition) is 0. The van der Waals surface area contributed by atoms with Crippen LogP contribution in [0.25, 0.3) is 0 Å². The molecule has 0 saturated carbocycles. The summed E-state index contributed by atoms with van der Waals surface area (Å²) in [6.45, 7) is 2.05. The van der Waals surface area contributed by atoms with Crippen molar-refractivity contribution < 1.29 is 9.53 Å². The van der Waals surface area contributed by atoms with Crippen molar-refractivity contribution >= 4 is 23.2 Å². The molecule has 8 heteroatoms. The number of aromatic nitrogens is 3. The van der Waals surface area contributed by atoms with Crippen molar-refractivity contribution in [2.24, 2.45) is 0 Å². The van der Waals surface area contributed by atoms with E-state index in [-0.39, 0.29) is 11.9 Å². The van der Waals surface area contributed by atoms with Crippen molar-refractivity contribution in [3.63, 3.8) is 0 Å². The predicted molar refractivity (Wildman–Crippen MR) is 111 cm³/mol. The lowest BCUT2D eigenvalue weighted by molar-refractivity contribution is -0.119. The predicted octanol–water partition coefficient (Wildman–Crippen LogP) is 3.63. The molecular weight excluding hydrogens is 390 g/mol. The number of ether oxygens (including phenoxy) is 1. The lowest BCUT2D eigenvalue weighted by atomic mass is 10.2. The Balaban J connectivity index is 1.33. The highest BCUT2D eigenvalue weighted by molar-refractivity contribution is 6.30. The summed E-state index contributed by atoms with van der Waals surface area (Å²) in [7, 11) is 1.79. The number of carbonyl (C=O) groups excluding carboxylic acids is 1. The number of hydrogen-bond acceptors (Lipinski definition) is 5. The molecule has 7 nitrogen and oxygen atoms in total. The molecule has 4 rings (SSSR count). The number of rotatable bonds is 6. The third kappa shape index (κ3) is 4.75. The standard InChI is InChI=1S/C21H22ClN5O2/c1-25(21(28)13-26-10-9-18(12-26)27-15-23-14-24-27)17-5-7-19(8-6-17)29-20-4-2-3-16(22)11-20/h2-8,11,14-15,18H,9-10,12-13H2,1H3/t18-/m0/s1. The summed E-state index contributed by atoms with van der Waals surface area (Å²) in [6.07, 6.45) is 4.24. The van der Waals surface area contributed by atoms with Crippen LogP contribution >= 0.6 is 11.6 Å². The molecule has 0 unspecified atom stereocenters. The van der Waals surface area contributed by atoms with Gasteiger partial charge in [0.2, 0.25) is 5.91 Å². The number of likely N-dealkylation sites (tertiary alicyclic amines) is 1. The summed E-state index contributed by atoms with van der Waals surface area (Å²) in [5, 5.41) is 4.82. The molecule has 2 aromatic carbocycles. The Kier molecular flexibility index (Phi) is 5.78. The zero-order valence-corrected chi connectivity index (χ0v) is 16.9. The fraction of sp³-hybridized carbons (Fsp3) is 0.286. The van der Waals surface area contributed by atoms with E-state index in [1.165, 1.54) is 0 Å². The Hall–Kier alpha value is -2.90. The Bertz CT molecular complexity index is 961. The Labute approximate surface area is 174 Å². The highest BCUT2D eigenvalue weighted by Crippen LogP contribution is 2.26. The minimum atomic E-state index is 0.0488. The van der Waals surface area contributed by atoms with Gasteiger partial charge in [0.25, 0.3) is 0 Å². The normalized spacial score (nSPS) is 16.7. The van der Waals surface area contributed by atoms with Gasteiger partial charge >= 0.3 is 0 Å². The SMILES string of the molecule is CN(C(=O)CN1CC[C@H](n2cncn2)C1)c1ccc(Oc2cccc(Cl)c2)cc1. The molecular formula is C21H22ClN5O2. The van der Waals surface area contributed by atoms with Crippen molar-refractivity contribution in [1.29, 1.82) is 0 Å². The second-order valence-electron chi connectivity index (χ2n) is 7.06. The maximum Gasteiger partial charge on any atom is 0.240 e. The van der Waals surface area contributed by atoms with Crippen LogP contribution in [0, 0.1) is 0 Å². The van der Waals surface area contributed by atoms with E-state index >= 15 is 0 Å². The number of amides is 1. The monoisotopic (exact) mass is 411 g/mol. The molecule has 1 fully saturated rings. The summed E-state index contributed by atoms with van der Waals surface area (Å²) in [4.78, 5) is 20.5. The van der Waals surface area contributed by atoms with E-state index in [1.54, 1.807) is 36.7 Å². The third-order valence-corrected chi connectivity index (χ3v) is 5.28.